The third-order valence-corrected chi connectivity index (χ3v) is 9.21. The lowest BCUT2D eigenvalue weighted by atomic mass is 9.90. The molecule has 7 rings (SSSR count). The fraction of sp³-hybridized carbons (Fsp3) is 0.150. The molecule has 6 heteroatoms. The highest BCUT2D eigenvalue weighted by Gasteiger charge is 2.34. The molecule has 0 radical (unpaired) electrons. The summed E-state index contributed by atoms with van der Waals surface area (Å²) in [6.07, 6.45) is 4.57. The zero-order chi connectivity index (χ0) is 31.8. The van der Waals surface area contributed by atoms with Crippen LogP contribution in [0.25, 0.3) is 33.9 Å². The number of piperidine rings is 1. The number of hydrogen-bond acceptors (Lipinski definition) is 5. The Morgan fingerprint density at radius 3 is 1.83 bits per heavy atom. The van der Waals surface area contributed by atoms with E-state index in [4.69, 9.17) is 0 Å². The Labute approximate surface area is 267 Å². The number of rotatable bonds is 6. The number of fused-ring (bicyclic) bond motifs is 1. The minimum absolute atomic E-state index is 0.0338. The Kier molecular flexibility index (Phi) is 7.63. The molecule has 2 aliphatic rings. The van der Waals surface area contributed by atoms with Crippen LogP contribution in [0.15, 0.2) is 109 Å². The summed E-state index contributed by atoms with van der Waals surface area (Å²) in [5.41, 5.74) is 5.87. The van der Waals surface area contributed by atoms with Crippen LogP contribution in [0.2, 0.25) is 0 Å². The maximum atomic E-state index is 13.6. The molecule has 46 heavy (non-hydrogen) atoms. The van der Waals surface area contributed by atoms with Crippen LogP contribution in [-0.4, -0.2) is 45.0 Å². The Hall–Kier alpha value is -5.62. The van der Waals surface area contributed by atoms with Gasteiger partial charge in [-0.2, -0.15) is 0 Å². The average Bonchev–Trinajstić information content (AvgIpc) is 3.45. The molecule has 228 valence electrons. The molecule has 0 bridgehead atoms. The number of allylic oxidation sites excluding steroid dienone is 1. The number of nitrogens with zero attached hydrogens (tertiary/aromatic N) is 1. The Morgan fingerprint density at radius 2 is 1.17 bits per heavy atom. The molecule has 0 saturated carbocycles. The van der Waals surface area contributed by atoms with Crippen molar-refractivity contribution >= 4 is 23.3 Å². The molecule has 0 aromatic heterocycles. The number of Topliss-reactive ketones (excluding diaryl/α,β-unsaturated/α-hetero) is 1. The number of ketones is 1. The largest absolute Gasteiger partial charge is 0.504 e. The first kappa shape index (κ1) is 29.1. The summed E-state index contributed by atoms with van der Waals surface area (Å²) in [6.45, 7) is 1.41. The van der Waals surface area contributed by atoms with Crippen molar-refractivity contribution in [1.82, 2.24) is 4.90 Å². The average molecular weight is 608 g/mol. The first-order valence-electron chi connectivity index (χ1n) is 15.6. The lowest BCUT2D eigenvalue weighted by molar-refractivity contribution is 0.0690. The molecule has 3 N–H and O–H groups in total. The van der Waals surface area contributed by atoms with Crippen molar-refractivity contribution in [2.24, 2.45) is 5.92 Å². The fourth-order valence-electron chi connectivity index (χ4n) is 6.68. The molecular weight excluding hydrogens is 574 g/mol. The predicted molar refractivity (Wildman–Crippen MR) is 180 cm³/mol. The summed E-state index contributed by atoms with van der Waals surface area (Å²) in [5.74, 6) is -1.84. The first-order valence-corrected chi connectivity index (χ1v) is 15.6. The number of phenolic OH excluding ortho intramolecular Hbond substituents is 3. The second kappa shape index (κ2) is 12.1. The lowest BCUT2D eigenvalue weighted by Crippen LogP contribution is -2.38. The van der Waals surface area contributed by atoms with E-state index < -0.39 is 23.0 Å². The molecule has 5 aromatic carbocycles. The van der Waals surface area contributed by atoms with Crippen LogP contribution in [0.1, 0.15) is 50.2 Å². The van der Waals surface area contributed by atoms with Crippen molar-refractivity contribution in [3.05, 3.63) is 137 Å². The Bertz CT molecular complexity index is 1960. The van der Waals surface area contributed by atoms with Crippen molar-refractivity contribution in [2.75, 3.05) is 13.1 Å². The number of hydrogen-bond donors (Lipinski definition) is 3. The summed E-state index contributed by atoms with van der Waals surface area (Å²) < 4.78 is 0. The van der Waals surface area contributed by atoms with E-state index in [0.29, 0.717) is 46.8 Å². The number of aromatic hydroxyl groups is 3. The summed E-state index contributed by atoms with van der Waals surface area (Å²) in [4.78, 5) is 28.9. The van der Waals surface area contributed by atoms with E-state index >= 15 is 0 Å². The SMILES string of the molecule is O=C1C(c2ccc(C(=O)N3CCC(Cc4ccccc4)CC3)cc2)=Cc2c1c(O)c(O)c(O)c2-c1ccc(-c2ccccc2)cc1. The van der Waals surface area contributed by atoms with Gasteiger partial charge < -0.3 is 20.2 Å². The van der Waals surface area contributed by atoms with Crippen LogP contribution >= 0.6 is 0 Å². The standard InChI is InChI=1S/C40H33NO5/c42-36-32(29-13-17-31(18-14-29)40(46)41-21-19-26(20-22-41)23-25-7-3-1-4-8-25)24-33-34(37(43)39(45)38(44)35(33)36)30-15-11-28(12-16-30)27-9-5-2-6-10-27/h1-18,24,26,43-45H,19-23H2. The number of phenols is 3. The summed E-state index contributed by atoms with van der Waals surface area (Å²) in [6, 6.07) is 34.7. The fourth-order valence-corrected chi connectivity index (χ4v) is 6.68. The Morgan fingerprint density at radius 1 is 0.630 bits per heavy atom. The van der Waals surface area contributed by atoms with Gasteiger partial charge in [0.2, 0.25) is 5.75 Å². The zero-order valence-electron chi connectivity index (χ0n) is 25.2. The molecule has 1 amide bonds. The van der Waals surface area contributed by atoms with Crippen molar-refractivity contribution in [3.8, 4) is 39.5 Å². The highest BCUT2D eigenvalue weighted by molar-refractivity contribution is 6.39. The number of likely N-dealkylation sites (tertiary alicyclic amines) is 1. The van der Waals surface area contributed by atoms with E-state index in [1.165, 1.54) is 5.56 Å². The van der Waals surface area contributed by atoms with Crippen molar-refractivity contribution in [1.29, 1.82) is 0 Å². The van der Waals surface area contributed by atoms with Crippen molar-refractivity contribution < 1.29 is 24.9 Å². The maximum Gasteiger partial charge on any atom is 0.253 e. The molecule has 0 atom stereocenters. The van der Waals surface area contributed by atoms with E-state index in [0.717, 1.165) is 30.4 Å². The van der Waals surface area contributed by atoms with E-state index in [2.05, 4.69) is 24.3 Å². The summed E-state index contributed by atoms with van der Waals surface area (Å²) in [7, 11) is 0. The molecule has 6 nitrogen and oxygen atoms in total. The van der Waals surface area contributed by atoms with Crippen LogP contribution in [0, 0.1) is 5.92 Å². The number of amides is 1. The quantitative estimate of drug-likeness (QED) is 0.170. The molecule has 0 unspecified atom stereocenters. The smallest absolute Gasteiger partial charge is 0.253 e. The molecule has 0 spiro atoms. The summed E-state index contributed by atoms with van der Waals surface area (Å²) >= 11 is 0. The maximum absolute atomic E-state index is 13.6. The van der Waals surface area contributed by atoms with Crippen LogP contribution < -0.4 is 0 Å². The number of carbonyl (C=O) groups is 2. The van der Waals surface area contributed by atoms with Gasteiger partial charge >= 0.3 is 0 Å². The van der Waals surface area contributed by atoms with Crippen LogP contribution in [-0.2, 0) is 6.42 Å². The monoisotopic (exact) mass is 607 g/mol. The van der Waals surface area contributed by atoms with Gasteiger partial charge in [-0.25, -0.2) is 0 Å². The first-order chi connectivity index (χ1) is 22.4. The number of benzene rings is 5. The van der Waals surface area contributed by atoms with E-state index in [9.17, 15) is 24.9 Å². The Balaban J connectivity index is 1.12. The minimum Gasteiger partial charge on any atom is -0.504 e. The van der Waals surface area contributed by atoms with E-state index in [1.54, 1.807) is 30.3 Å². The molecule has 1 aliphatic carbocycles. The third kappa shape index (κ3) is 5.32. The van der Waals surface area contributed by atoms with Gasteiger partial charge in [-0.05, 0) is 71.2 Å². The van der Waals surface area contributed by atoms with Gasteiger partial charge in [-0.3, -0.25) is 9.59 Å². The van der Waals surface area contributed by atoms with Gasteiger partial charge in [0.05, 0.1) is 5.56 Å². The van der Waals surface area contributed by atoms with Crippen molar-refractivity contribution in [2.45, 2.75) is 19.3 Å². The lowest BCUT2D eigenvalue weighted by Gasteiger charge is -2.32. The minimum atomic E-state index is -0.739. The van der Waals surface area contributed by atoms with Crippen LogP contribution in [0.4, 0.5) is 0 Å². The molecule has 1 aliphatic heterocycles. The highest BCUT2D eigenvalue weighted by Crippen LogP contribution is 2.52. The van der Waals surface area contributed by atoms with Gasteiger partial charge in [0.1, 0.15) is 0 Å². The van der Waals surface area contributed by atoms with Gasteiger partial charge in [0, 0.05) is 35.4 Å². The molecule has 5 aromatic rings. The van der Waals surface area contributed by atoms with Gasteiger partial charge in [0.15, 0.2) is 17.3 Å². The summed E-state index contributed by atoms with van der Waals surface area (Å²) in [5, 5.41) is 32.3. The van der Waals surface area contributed by atoms with Gasteiger partial charge in [-0.1, -0.05) is 97.1 Å². The van der Waals surface area contributed by atoms with Crippen LogP contribution in [0.3, 0.4) is 0 Å². The van der Waals surface area contributed by atoms with Crippen molar-refractivity contribution in [3.63, 3.8) is 0 Å². The van der Waals surface area contributed by atoms with Crippen LogP contribution in [0.5, 0.6) is 17.2 Å². The molecule has 1 heterocycles. The normalized spacial score (nSPS) is 14.7. The van der Waals surface area contributed by atoms with E-state index in [-0.39, 0.29) is 17.0 Å². The van der Waals surface area contributed by atoms with E-state index in [1.807, 2.05) is 65.6 Å². The second-order valence-corrected chi connectivity index (χ2v) is 12.0. The molecular formula is C40H33NO5. The zero-order valence-corrected chi connectivity index (χ0v) is 25.2. The third-order valence-electron chi connectivity index (χ3n) is 9.21. The molecule has 1 saturated heterocycles. The molecule has 1 fully saturated rings. The highest BCUT2D eigenvalue weighted by atomic mass is 16.3. The van der Waals surface area contributed by atoms with Gasteiger partial charge in [0.25, 0.3) is 5.91 Å². The number of carbonyl (C=O) groups excluding carboxylic acids is 2. The topological polar surface area (TPSA) is 98.1 Å². The van der Waals surface area contributed by atoms with Gasteiger partial charge in [-0.15, -0.1) is 0 Å². The predicted octanol–water partition coefficient (Wildman–Crippen LogP) is 7.97. The second-order valence-electron chi connectivity index (χ2n) is 12.0.